The molecule has 0 atom stereocenters. The molecule has 0 aromatic heterocycles. The van der Waals surface area contributed by atoms with E-state index in [-0.39, 0.29) is 16.7 Å². The van der Waals surface area contributed by atoms with E-state index in [1.807, 2.05) is 0 Å². The summed E-state index contributed by atoms with van der Waals surface area (Å²) in [6.07, 6.45) is 1.41. The predicted molar refractivity (Wildman–Crippen MR) is 116 cm³/mol. The van der Waals surface area contributed by atoms with Crippen molar-refractivity contribution in [2.45, 2.75) is 31.7 Å². The van der Waals surface area contributed by atoms with Crippen LogP contribution < -0.4 is 15.1 Å². The van der Waals surface area contributed by atoms with Gasteiger partial charge in [-0.15, -0.1) is 0 Å². The molecule has 1 N–H and O–H groups in total. The molecule has 0 unspecified atom stereocenters. The number of hydrogen-bond donors (Lipinski definition) is 1. The molecule has 8 heteroatoms. The summed E-state index contributed by atoms with van der Waals surface area (Å²) >= 11 is 5.60. The number of nitrogens with one attached hydrogen (secondary N) is 1. The van der Waals surface area contributed by atoms with Crippen LogP contribution in [0.3, 0.4) is 0 Å². The summed E-state index contributed by atoms with van der Waals surface area (Å²) in [7, 11) is 0. The fourth-order valence-electron chi connectivity index (χ4n) is 3.83. The van der Waals surface area contributed by atoms with Gasteiger partial charge in [-0.05, 0) is 74.3 Å². The lowest BCUT2D eigenvalue weighted by Crippen LogP contribution is -2.55. The number of benzene rings is 2. The van der Waals surface area contributed by atoms with Crippen LogP contribution in [0.2, 0.25) is 0 Å². The molecule has 4 rings (SSSR count). The second-order valence-electron chi connectivity index (χ2n) is 7.17. The summed E-state index contributed by atoms with van der Waals surface area (Å²) in [5, 5.41) is 1.60. The average Bonchev–Trinajstić information content (AvgIpc) is 2.96. The molecule has 1 saturated carbocycles. The van der Waals surface area contributed by atoms with Gasteiger partial charge < -0.3 is 10.2 Å². The van der Waals surface area contributed by atoms with Crippen LogP contribution in [-0.2, 0) is 4.79 Å². The van der Waals surface area contributed by atoms with E-state index in [0.717, 1.165) is 6.07 Å². The second-order valence-corrected chi connectivity index (χ2v) is 7.54. The molecule has 2 aromatic rings. The quantitative estimate of drug-likeness (QED) is 0.592. The van der Waals surface area contributed by atoms with E-state index in [1.165, 1.54) is 9.80 Å². The SMILES string of the molecule is [2H]c1cc(C(=O)NC([2H])([2H])[2H])c(F)c([2H])c1N1C(=S)N(c2ccc([N+]#[C-])c(C)c2)C(=O)C12CCC2. The Hall–Kier alpha value is -3.31. The Bertz CT molecular complexity index is 1340. The number of carbonyl (C=O) groups is 2. The molecule has 30 heavy (non-hydrogen) atoms. The van der Waals surface area contributed by atoms with Crippen molar-refractivity contribution < 1.29 is 20.8 Å². The molecular formula is C22H19FN4O2S. The average molecular weight is 428 g/mol. The van der Waals surface area contributed by atoms with Crippen molar-refractivity contribution in [1.82, 2.24) is 5.32 Å². The second kappa shape index (κ2) is 7.18. The molecule has 1 spiro atoms. The van der Waals surface area contributed by atoms with Crippen LogP contribution in [0.25, 0.3) is 4.85 Å². The minimum absolute atomic E-state index is 0.0502. The molecule has 1 heterocycles. The summed E-state index contributed by atoms with van der Waals surface area (Å²) in [6, 6.07) is 4.32. The fourth-order valence-corrected chi connectivity index (χ4v) is 4.28. The van der Waals surface area contributed by atoms with E-state index >= 15 is 4.39 Å². The number of nitrogens with zero attached hydrogens (tertiary/aromatic N) is 3. The maximum atomic E-state index is 15.2. The van der Waals surface area contributed by atoms with Gasteiger partial charge in [-0.3, -0.25) is 14.5 Å². The van der Waals surface area contributed by atoms with Crippen LogP contribution in [0.4, 0.5) is 21.5 Å². The summed E-state index contributed by atoms with van der Waals surface area (Å²) < 4.78 is 53.4. The molecular weight excluding hydrogens is 403 g/mol. The molecule has 2 aliphatic rings. The van der Waals surface area contributed by atoms with Crippen molar-refractivity contribution in [3.8, 4) is 0 Å². The van der Waals surface area contributed by atoms with E-state index in [2.05, 4.69) is 4.85 Å². The molecule has 1 aliphatic carbocycles. The third kappa shape index (κ3) is 2.77. The normalized spacial score (nSPS) is 20.0. The van der Waals surface area contributed by atoms with E-state index in [1.54, 1.807) is 30.4 Å². The minimum Gasteiger partial charge on any atom is -0.355 e. The van der Waals surface area contributed by atoms with Crippen molar-refractivity contribution in [3.63, 3.8) is 0 Å². The smallest absolute Gasteiger partial charge is 0.259 e. The Balaban J connectivity index is 1.82. The third-order valence-corrected chi connectivity index (χ3v) is 5.92. The molecule has 1 aliphatic heterocycles. The van der Waals surface area contributed by atoms with Gasteiger partial charge >= 0.3 is 0 Å². The Morgan fingerprint density at radius 3 is 2.77 bits per heavy atom. The number of thiocarbonyl (C=S) groups is 1. The Morgan fingerprint density at radius 2 is 2.17 bits per heavy atom. The Kier molecular flexibility index (Phi) is 3.51. The number of hydrogen-bond acceptors (Lipinski definition) is 3. The van der Waals surface area contributed by atoms with Crippen LogP contribution in [0.1, 0.15) is 42.0 Å². The van der Waals surface area contributed by atoms with Gasteiger partial charge in [-0.2, -0.15) is 0 Å². The zero-order valence-corrected chi connectivity index (χ0v) is 16.7. The summed E-state index contributed by atoms with van der Waals surface area (Å²) in [5.74, 6) is -2.99. The molecule has 152 valence electrons. The number of carbonyl (C=O) groups excluding carboxylic acids is 2. The van der Waals surface area contributed by atoms with Gasteiger partial charge in [0.25, 0.3) is 11.8 Å². The van der Waals surface area contributed by atoms with Gasteiger partial charge in [0.1, 0.15) is 11.4 Å². The number of halogens is 1. The summed E-state index contributed by atoms with van der Waals surface area (Å²) in [5.41, 5.74) is -0.789. The molecule has 2 fully saturated rings. The maximum absolute atomic E-state index is 15.2. The van der Waals surface area contributed by atoms with Crippen LogP contribution in [-0.4, -0.2) is 29.4 Å². The number of anilines is 2. The lowest BCUT2D eigenvalue weighted by atomic mass is 9.75. The molecule has 0 bridgehead atoms. The van der Waals surface area contributed by atoms with Crippen molar-refractivity contribution in [2.75, 3.05) is 16.8 Å². The number of aryl methyl sites for hydroxylation is 1. The van der Waals surface area contributed by atoms with Crippen LogP contribution in [0.15, 0.2) is 36.4 Å². The van der Waals surface area contributed by atoms with Crippen molar-refractivity contribution in [1.29, 1.82) is 0 Å². The van der Waals surface area contributed by atoms with Crippen LogP contribution >= 0.6 is 12.2 Å². The first-order valence-electron chi connectivity index (χ1n) is 11.6. The monoisotopic (exact) mass is 427 g/mol. The van der Waals surface area contributed by atoms with E-state index < -0.39 is 41.9 Å². The van der Waals surface area contributed by atoms with Gasteiger partial charge in [0.2, 0.25) is 0 Å². The Morgan fingerprint density at radius 1 is 1.40 bits per heavy atom. The first-order chi connectivity index (χ1) is 16.3. The van der Waals surface area contributed by atoms with Crippen LogP contribution in [0, 0.1) is 19.3 Å². The van der Waals surface area contributed by atoms with Gasteiger partial charge in [0.05, 0.1) is 14.9 Å². The number of amides is 2. The van der Waals surface area contributed by atoms with Crippen molar-refractivity contribution in [2.24, 2.45) is 0 Å². The van der Waals surface area contributed by atoms with Crippen molar-refractivity contribution in [3.05, 3.63) is 64.7 Å². The van der Waals surface area contributed by atoms with Gasteiger partial charge in [0.15, 0.2) is 10.8 Å². The first kappa shape index (κ1) is 14.6. The first-order valence-corrected chi connectivity index (χ1v) is 9.52. The molecule has 2 amide bonds. The minimum atomic E-state index is -2.88. The topological polar surface area (TPSA) is 57.0 Å². The summed E-state index contributed by atoms with van der Waals surface area (Å²) in [6.45, 7) is 6.07. The van der Waals surface area contributed by atoms with E-state index in [4.69, 9.17) is 25.6 Å². The van der Waals surface area contributed by atoms with Crippen LogP contribution in [0.5, 0.6) is 0 Å². The third-order valence-electron chi connectivity index (χ3n) is 5.55. The zero-order chi connectivity index (χ0) is 25.9. The van der Waals surface area contributed by atoms with E-state index in [9.17, 15) is 9.59 Å². The lowest BCUT2D eigenvalue weighted by molar-refractivity contribution is -0.123. The zero-order valence-electron chi connectivity index (χ0n) is 20.9. The van der Waals surface area contributed by atoms with Gasteiger partial charge in [-0.1, -0.05) is 6.07 Å². The number of rotatable bonds is 3. The highest BCUT2D eigenvalue weighted by atomic mass is 32.1. The largest absolute Gasteiger partial charge is 0.355 e. The van der Waals surface area contributed by atoms with Gasteiger partial charge in [-0.25, -0.2) is 9.24 Å². The maximum Gasteiger partial charge on any atom is 0.259 e. The standard InChI is InChI=1S/C22H19FN4O2S/c1-13-11-14(6-8-18(13)24-2)26-20(29)22(9-4-10-22)27(21(26)30)15-5-7-16(17(23)12-15)19(28)25-3/h5-8,11-12H,4,9-10H2,1,3H3,(H,25,28)/i3D3,5D,12D. The lowest BCUT2D eigenvalue weighted by Gasteiger charge is -2.43. The molecule has 2 aromatic carbocycles. The highest BCUT2D eigenvalue weighted by molar-refractivity contribution is 7.81. The predicted octanol–water partition coefficient (Wildman–Crippen LogP) is 4.11. The highest BCUT2D eigenvalue weighted by Crippen LogP contribution is 2.48. The van der Waals surface area contributed by atoms with Gasteiger partial charge in [0, 0.05) is 22.5 Å². The van der Waals surface area contributed by atoms with E-state index in [0.29, 0.717) is 36.2 Å². The molecule has 1 saturated heterocycles. The molecule has 0 radical (unpaired) electrons. The Labute approximate surface area is 186 Å². The summed E-state index contributed by atoms with van der Waals surface area (Å²) in [4.78, 5) is 31.8. The fraction of sp³-hybridized carbons (Fsp3) is 0.273. The highest BCUT2D eigenvalue weighted by Gasteiger charge is 2.59. The molecule has 6 nitrogen and oxygen atoms in total. The van der Waals surface area contributed by atoms with Crippen molar-refractivity contribution >= 4 is 46.2 Å².